The van der Waals surface area contributed by atoms with Crippen LogP contribution < -0.4 is 5.32 Å². The Hall–Kier alpha value is -1.98. The molecule has 1 aromatic carbocycles. The third kappa shape index (κ3) is 3.81. The van der Waals surface area contributed by atoms with Gasteiger partial charge >= 0.3 is 0 Å². The van der Waals surface area contributed by atoms with Crippen LogP contribution in [0.4, 0.5) is 5.13 Å². The first kappa shape index (κ1) is 14.9. The van der Waals surface area contributed by atoms with Crippen molar-refractivity contribution >= 4 is 27.9 Å². The number of carbonyl (C=O) groups excluding carboxylic acids is 1. The molecule has 0 unspecified atom stereocenters. The first-order valence-electron chi connectivity index (χ1n) is 7.39. The molecule has 0 bridgehead atoms. The van der Waals surface area contributed by atoms with Crippen LogP contribution in [-0.4, -0.2) is 28.9 Å². The smallest absolute Gasteiger partial charge is 0.223 e. The van der Waals surface area contributed by atoms with Crippen LogP contribution in [-0.2, 0) is 11.3 Å². The Labute approximate surface area is 134 Å². The summed E-state index contributed by atoms with van der Waals surface area (Å²) in [6.45, 7) is 4.46. The molecule has 4 nitrogen and oxygen atoms in total. The Bertz CT molecular complexity index is 678. The number of thiazole rings is 1. The summed E-state index contributed by atoms with van der Waals surface area (Å²) in [5.74, 6) is -0.0763. The standard InChI is InChI=1S/C17H19N3OS/c1-13(21)18-17-19-16(12-22-17)15-7-9-20(10-8-15)11-14-5-3-2-4-6-14/h2-7,12H,8-11H2,1H3,(H,18,19,21). The number of anilines is 1. The first-order chi connectivity index (χ1) is 10.7. The maximum Gasteiger partial charge on any atom is 0.223 e. The van der Waals surface area contributed by atoms with E-state index in [9.17, 15) is 4.79 Å². The molecule has 2 heterocycles. The van der Waals surface area contributed by atoms with Crippen molar-refractivity contribution in [2.75, 3.05) is 18.4 Å². The van der Waals surface area contributed by atoms with Crippen molar-refractivity contribution in [2.45, 2.75) is 19.9 Å². The number of hydrogen-bond acceptors (Lipinski definition) is 4. The third-order valence-electron chi connectivity index (χ3n) is 3.66. The molecule has 1 aromatic heterocycles. The van der Waals surface area contributed by atoms with Crippen LogP contribution in [0.2, 0.25) is 0 Å². The van der Waals surface area contributed by atoms with Gasteiger partial charge in [-0.1, -0.05) is 36.4 Å². The molecule has 1 N–H and O–H groups in total. The van der Waals surface area contributed by atoms with E-state index in [0.29, 0.717) is 5.13 Å². The average molecular weight is 313 g/mol. The van der Waals surface area contributed by atoms with Gasteiger partial charge in [-0.15, -0.1) is 11.3 Å². The molecular weight excluding hydrogens is 294 g/mol. The molecular formula is C17H19N3OS. The molecule has 0 saturated carbocycles. The van der Waals surface area contributed by atoms with Crippen LogP contribution in [0.1, 0.15) is 24.6 Å². The van der Waals surface area contributed by atoms with Crippen LogP contribution in [0.15, 0.2) is 41.8 Å². The number of hydrogen-bond donors (Lipinski definition) is 1. The van der Waals surface area contributed by atoms with Gasteiger partial charge in [0.15, 0.2) is 5.13 Å². The van der Waals surface area contributed by atoms with Crippen molar-refractivity contribution in [2.24, 2.45) is 0 Å². The Morgan fingerprint density at radius 2 is 2.18 bits per heavy atom. The molecule has 3 rings (SSSR count). The summed E-state index contributed by atoms with van der Waals surface area (Å²) in [6, 6.07) is 10.5. The van der Waals surface area contributed by atoms with Crippen LogP contribution in [0, 0.1) is 0 Å². The molecule has 5 heteroatoms. The van der Waals surface area contributed by atoms with Gasteiger partial charge < -0.3 is 5.32 Å². The summed E-state index contributed by atoms with van der Waals surface area (Å²) in [7, 11) is 0. The largest absolute Gasteiger partial charge is 0.302 e. The molecule has 1 aliphatic heterocycles. The van der Waals surface area contributed by atoms with E-state index in [4.69, 9.17) is 0 Å². The lowest BCUT2D eigenvalue weighted by molar-refractivity contribution is -0.114. The third-order valence-corrected chi connectivity index (χ3v) is 4.42. The van der Waals surface area contributed by atoms with E-state index in [2.05, 4.69) is 45.5 Å². The van der Waals surface area contributed by atoms with E-state index < -0.39 is 0 Å². The Morgan fingerprint density at radius 1 is 1.36 bits per heavy atom. The van der Waals surface area contributed by atoms with Crippen LogP contribution in [0.25, 0.3) is 5.57 Å². The van der Waals surface area contributed by atoms with Gasteiger partial charge in [-0.25, -0.2) is 4.98 Å². The van der Waals surface area contributed by atoms with E-state index in [1.165, 1.54) is 29.4 Å². The van der Waals surface area contributed by atoms with Gasteiger partial charge in [0.2, 0.25) is 5.91 Å². The zero-order valence-electron chi connectivity index (χ0n) is 12.6. The number of aromatic nitrogens is 1. The highest BCUT2D eigenvalue weighted by Gasteiger charge is 2.15. The molecule has 0 atom stereocenters. The minimum atomic E-state index is -0.0763. The summed E-state index contributed by atoms with van der Waals surface area (Å²) in [4.78, 5) is 18.0. The highest BCUT2D eigenvalue weighted by atomic mass is 32.1. The topological polar surface area (TPSA) is 45.2 Å². The number of nitrogens with zero attached hydrogens (tertiary/aromatic N) is 2. The molecule has 0 radical (unpaired) electrons. The van der Waals surface area contributed by atoms with Gasteiger partial charge in [0.25, 0.3) is 0 Å². The molecule has 0 aliphatic carbocycles. The summed E-state index contributed by atoms with van der Waals surface area (Å²) < 4.78 is 0. The zero-order chi connectivity index (χ0) is 15.4. The first-order valence-corrected chi connectivity index (χ1v) is 8.27. The quantitative estimate of drug-likeness (QED) is 0.941. The minimum Gasteiger partial charge on any atom is -0.302 e. The second-order valence-corrected chi connectivity index (χ2v) is 6.28. The Kier molecular flexibility index (Phi) is 4.65. The van der Waals surface area contributed by atoms with Crippen molar-refractivity contribution in [3.8, 4) is 0 Å². The van der Waals surface area contributed by atoms with Crippen LogP contribution in [0.3, 0.4) is 0 Å². The van der Waals surface area contributed by atoms with E-state index in [0.717, 1.165) is 31.7 Å². The number of carbonyl (C=O) groups is 1. The lowest BCUT2D eigenvalue weighted by Crippen LogP contribution is -2.28. The number of nitrogens with one attached hydrogen (secondary N) is 1. The predicted octanol–water partition coefficient (Wildman–Crippen LogP) is 3.39. The number of amides is 1. The fraction of sp³-hybridized carbons (Fsp3) is 0.294. The molecule has 1 amide bonds. The van der Waals surface area contributed by atoms with E-state index in [-0.39, 0.29) is 5.91 Å². The fourth-order valence-corrected chi connectivity index (χ4v) is 3.34. The fourth-order valence-electron chi connectivity index (χ4n) is 2.56. The molecule has 0 spiro atoms. The van der Waals surface area contributed by atoms with Gasteiger partial charge in [-0.05, 0) is 17.6 Å². The predicted molar refractivity (Wildman–Crippen MR) is 90.7 cm³/mol. The van der Waals surface area contributed by atoms with Gasteiger partial charge in [-0.3, -0.25) is 9.69 Å². The summed E-state index contributed by atoms with van der Waals surface area (Å²) in [6.07, 6.45) is 3.25. The van der Waals surface area contributed by atoms with Crippen molar-refractivity contribution in [1.29, 1.82) is 0 Å². The normalized spacial score (nSPS) is 15.4. The van der Waals surface area contributed by atoms with E-state index in [1.54, 1.807) is 0 Å². The van der Waals surface area contributed by atoms with Crippen molar-refractivity contribution in [3.63, 3.8) is 0 Å². The van der Waals surface area contributed by atoms with Gasteiger partial charge in [0, 0.05) is 31.9 Å². The monoisotopic (exact) mass is 313 g/mol. The SMILES string of the molecule is CC(=O)Nc1nc(C2=CCN(Cc3ccccc3)CC2)cs1. The molecule has 1 aliphatic rings. The Morgan fingerprint density at radius 3 is 2.86 bits per heavy atom. The molecule has 114 valence electrons. The van der Waals surface area contributed by atoms with Crippen molar-refractivity contribution < 1.29 is 4.79 Å². The van der Waals surface area contributed by atoms with Crippen molar-refractivity contribution in [3.05, 3.63) is 53.0 Å². The number of benzene rings is 1. The maximum atomic E-state index is 11.0. The van der Waals surface area contributed by atoms with E-state index >= 15 is 0 Å². The lowest BCUT2D eigenvalue weighted by Gasteiger charge is -2.25. The lowest BCUT2D eigenvalue weighted by atomic mass is 10.1. The molecule has 22 heavy (non-hydrogen) atoms. The van der Waals surface area contributed by atoms with Crippen LogP contribution in [0.5, 0.6) is 0 Å². The van der Waals surface area contributed by atoms with Gasteiger partial charge in [0.1, 0.15) is 0 Å². The highest BCUT2D eigenvalue weighted by Crippen LogP contribution is 2.26. The summed E-state index contributed by atoms with van der Waals surface area (Å²) in [5, 5.41) is 5.43. The summed E-state index contributed by atoms with van der Waals surface area (Å²) in [5.41, 5.74) is 3.62. The highest BCUT2D eigenvalue weighted by molar-refractivity contribution is 7.14. The molecule has 0 fully saturated rings. The van der Waals surface area contributed by atoms with Crippen LogP contribution >= 0.6 is 11.3 Å². The van der Waals surface area contributed by atoms with Crippen molar-refractivity contribution in [1.82, 2.24) is 9.88 Å². The molecule has 2 aromatic rings. The second kappa shape index (κ2) is 6.85. The molecule has 0 saturated heterocycles. The summed E-state index contributed by atoms with van der Waals surface area (Å²) >= 11 is 1.48. The maximum absolute atomic E-state index is 11.0. The Balaban J connectivity index is 1.61. The zero-order valence-corrected chi connectivity index (χ0v) is 13.4. The van der Waals surface area contributed by atoms with Gasteiger partial charge in [-0.2, -0.15) is 0 Å². The van der Waals surface area contributed by atoms with E-state index in [1.807, 2.05) is 11.4 Å². The second-order valence-electron chi connectivity index (χ2n) is 5.42. The van der Waals surface area contributed by atoms with Gasteiger partial charge in [0.05, 0.1) is 5.69 Å². The minimum absolute atomic E-state index is 0.0763. The number of rotatable bonds is 4. The average Bonchev–Trinajstić information content (AvgIpc) is 2.97.